The summed E-state index contributed by atoms with van der Waals surface area (Å²) in [5.41, 5.74) is 3.49. The van der Waals surface area contributed by atoms with Gasteiger partial charge in [-0.3, -0.25) is 14.7 Å². The lowest BCUT2D eigenvalue weighted by Gasteiger charge is -2.23. The summed E-state index contributed by atoms with van der Waals surface area (Å²) >= 11 is 0. The third-order valence-corrected chi connectivity index (χ3v) is 5.52. The lowest BCUT2D eigenvalue weighted by Crippen LogP contribution is -2.31. The number of carbonyl (C=O) groups excluding carboxylic acids is 1. The van der Waals surface area contributed by atoms with Crippen molar-refractivity contribution < 1.29 is 14.7 Å². The van der Waals surface area contributed by atoms with Gasteiger partial charge in [0, 0.05) is 53.2 Å². The number of benzene rings is 2. The maximum absolute atomic E-state index is 12.7. The number of carbonyl (C=O) groups is 2. The van der Waals surface area contributed by atoms with Crippen molar-refractivity contribution in [2.75, 3.05) is 23.8 Å². The highest BCUT2D eigenvalue weighted by molar-refractivity contribution is 6.03. The monoisotopic (exact) mass is 404 g/mol. The Morgan fingerprint density at radius 2 is 1.93 bits per heavy atom. The Balaban J connectivity index is 1.72. The van der Waals surface area contributed by atoms with E-state index in [4.69, 9.17) is 0 Å². The molecule has 1 unspecified atom stereocenters. The van der Waals surface area contributed by atoms with Gasteiger partial charge in [0.2, 0.25) is 0 Å². The van der Waals surface area contributed by atoms with Crippen LogP contribution in [0.1, 0.15) is 31.0 Å². The summed E-state index contributed by atoms with van der Waals surface area (Å²) in [5, 5.41) is 13.5. The van der Waals surface area contributed by atoms with E-state index < -0.39 is 11.9 Å². The number of urea groups is 1. The van der Waals surface area contributed by atoms with Crippen LogP contribution in [0.15, 0.2) is 53.5 Å². The molecule has 0 fully saturated rings. The predicted octanol–water partition coefficient (Wildman–Crippen LogP) is 4.37. The quantitative estimate of drug-likeness (QED) is 0.605. The average molecular weight is 404 g/mol. The number of aromatic amines is 1. The van der Waals surface area contributed by atoms with Crippen LogP contribution in [0.3, 0.4) is 0 Å². The van der Waals surface area contributed by atoms with Crippen molar-refractivity contribution in [1.82, 2.24) is 4.98 Å². The lowest BCUT2D eigenvalue weighted by molar-refractivity contribution is -0.137. The molecule has 2 aromatic carbocycles. The summed E-state index contributed by atoms with van der Waals surface area (Å²) < 4.78 is 0. The number of amides is 2. The van der Waals surface area contributed by atoms with Gasteiger partial charge < -0.3 is 15.4 Å². The van der Waals surface area contributed by atoms with Gasteiger partial charge in [0.05, 0.1) is 0 Å². The number of hydrogen-bond donors (Lipinski definition) is 3. The van der Waals surface area contributed by atoms with Gasteiger partial charge in [0.1, 0.15) is 5.92 Å². The molecule has 1 aliphatic rings. The molecule has 0 saturated carbocycles. The molecule has 3 N–H and O–H groups in total. The number of aliphatic imine (C=N–C) groups is 1. The molecule has 0 radical (unpaired) electrons. The summed E-state index contributed by atoms with van der Waals surface area (Å²) in [5.74, 6) is -1.77. The Bertz CT molecular complexity index is 1150. The van der Waals surface area contributed by atoms with Crippen LogP contribution in [0.4, 0.5) is 16.2 Å². The van der Waals surface area contributed by atoms with E-state index in [1.54, 1.807) is 11.9 Å². The first kappa shape index (κ1) is 19.7. The SMILES string of the molecule is CN(C(=O)Nc1ccc2[nH]c3c(c2c1)C(C)(C)CN=CC3C(=O)O)c1ccccc1. The number of aromatic nitrogens is 1. The standard InChI is InChI=1S/C23H24N4O3/c1-23(2)13-24-12-17(21(28)29)20-19(23)16-11-14(9-10-18(16)26-20)25-22(30)27(3)15-7-5-4-6-8-15/h4-12,17,26H,13H2,1-3H3,(H,25,30)(H,28,29). The number of carboxylic acid groups (broad SMARTS) is 1. The third-order valence-electron chi connectivity index (χ3n) is 5.52. The molecule has 154 valence electrons. The largest absolute Gasteiger partial charge is 0.480 e. The van der Waals surface area contributed by atoms with Crippen LogP contribution < -0.4 is 10.2 Å². The second-order valence-electron chi connectivity index (χ2n) is 8.19. The number of nitrogens with one attached hydrogen (secondary N) is 2. The van der Waals surface area contributed by atoms with E-state index in [-0.39, 0.29) is 11.4 Å². The summed E-state index contributed by atoms with van der Waals surface area (Å²) in [4.78, 5) is 33.7. The Morgan fingerprint density at radius 1 is 1.20 bits per heavy atom. The fourth-order valence-corrected chi connectivity index (χ4v) is 3.96. The van der Waals surface area contributed by atoms with Crippen molar-refractivity contribution in [2.24, 2.45) is 4.99 Å². The highest BCUT2D eigenvalue weighted by Gasteiger charge is 2.35. The summed E-state index contributed by atoms with van der Waals surface area (Å²) in [6.45, 7) is 4.59. The second-order valence-corrected chi connectivity index (χ2v) is 8.19. The van der Waals surface area contributed by atoms with Crippen molar-refractivity contribution in [2.45, 2.75) is 25.2 Å². The Labute approximate surface area is 174 Å². The van der Waals surface area contributed by atoms with Crippen molar-refractivity contribution in [1.29, 1.82) is 0 Å². The molecule has 1 aliphatic heterocycles. The lowest BCUT2D eigenvalue weighted by atomic mass is 9.81. The molecular weight excluding hydrogens is 380 g/mol. The van der Waals surface area contributed by atoms with Crippen molar-refractivity contribution in [3.8, 4) is 0 Å². The molecule has 3 aromatic rings. The van der Waals surface area contributed by atoms with Crippen LogP contribution in [0.5, 0.6) is 0 Å². The number of hydrogen-bond acceptors (Lipinski definition) is 3. The topological polar surface area (TPSA) is 97.8 Å². The number of para-hydroxylation sites is 1. The Hall–Kier alpha value is -3.61. The molecule has 4 rings (SSSR count). The third kappa shape index (κ3) is 3.43. The molecule has 30 heavy (non-hydrogen) atoms. The zero-order chi connectivity index (χ0) is 21.5. The molecule has 1 aromatic heterocycles. The Morgan fingerprint density at radius 3 is 2.63 bits per heavy atom. The van der Waals surface area contributed by atoms with E-state index in [0.29, 0.717) is 17.9 Å². The first-order chi connectivity index (χ1) is 14.3. The zero-order valence-electron chi connectivity index (χ0n) is 17.1. The van der Waals surface area contributed by atoms with E-state index in [0.717, 1.165) is 22.2 Å². The van der Waals surface area contributed by atoms with Gasteiger partial charge in [-0.1, -0.05) is 32.0 Å². The highest BCUT2D eigenvalue weighted by atomic mass is 16.4. The maximum Gasteiger partial charge on any atom is 0.326 e. The zero-order valence-corrected chi connectivity index (χ0v) is 17.1. The number of H-pyrrole nitrogens is 1. The van der Waals surface area contributed by atoms with Gasteiger partial charge in [0.25, 0.3) is 0 Å². The maximum atomic E-state index is 12.7. The molecule has 7 heteroatoms. The molecule has 0 aliphatic carbocycles. The minimum absolute atomic E-state index is 0.256. The minimum Gasteiger partial charge on any atom is -0.480 e. The van der Waals surface area contributed by atoms with Crippen LogP contribution in [0, 0.1) is 0 Å². The molecule has 2 heterocycles. The number of carboxylic acids is 1. The summed E-state index contributed by atoms with van der Waals surface area (Å²) in [6.07, 6.45) is 1.50. The second kappa shape index (κ2) is 7.33. The Kier molecular flexibility index (Phi) is 4.81. The molecule has 0 saturated heterocycles. The van der Waals surface area contributed by atoms with E-state index >= 15 is 0 Å². The van der Waals surface area contributed by atoms with Crippen LogP contribution >= 0.6 is 0 Å². The number of nitrogens with zero attached hydrogens (tertiary/aromatic N) is 2. The predicted molar refractivity (Wildman–Crippen MR) is 119 cm³/mol. The van der Waals surface area contributed by atoms with Crippen molar-refractivity contribution in [3.63, 3.8) is 0 Å². The van der Waals surface area contributed by atoms with Gasteiger partial charge in [0.15, 0.2) is 0 Å². The van der Waals surface area contributed by atoms with E-state index in [1.165, 1.54) is 6.21 Å². The van der Waals surface area contributed by atoms with Crippen LogP contribution in [-0.2, 0) is 10.2 Å². The summed E-state index contributed by atoms with van der Waals surface area (Å²) in [7, 11) is 1.71. The van der Waals surface area contributed by atoms with Crippen LogP contribution in [0.25, 0.3) is 10.9 Å². The molecule has 2 amide bonds. The summed E-state index contributed by atoms with van der Waals surface area (Å²) in [6, 6.07) is 14.7. The number of anilines is 2. The molecular formula is C23H24N4O3. The van der Waals surface area contributed by atoms with Crippen molar-refractivity contribution in [3.05, 3.63) is 59.8 Å². The fraction of sp³-hybridized carbons (Fsp3) is 0.261. The fourth-order valence-electron chi connectivity index (χ4n) is 3.96. The first-order valence-corrected chi connectivity index (χ1v) is 9.76. The number of fused-ring (bicyclic) bond motifs is 3. The normalized spacial score (nSPS) is 17.2. The molecule has 0 bridgehead atoms. The van der Waals surface area contributed by atoms with Crippen LogP contribution in [0.2, 0.25) is 0 Å². The van der Waals surface area contributed by atoms with E-state index in [1.807, 2.05) is 48.5 Å². The molecule has 0 spiro atoms. The highest BCUT2D eigenvalue weighted by Crippen LogP contribution is 2.39. The molecule has 1 atom stereocenters. The average Bonchev–Trinajstić information content (AvgIpc) is 3.03. The smallest absolute Gasteiger partial charge is 0.326 e. The van der Waals surface area contributed by atoms with Crippen LogP contribution in [-0.4, -0.2) is 41.9 Å². The number of aliphatic carboxylic acids is 1. The van der Waals surface area contributed by atoms with Crippen molar-refractivity contribution >= 4 is 40.5 Å². The van der Waals surface area contributed by atoms with Gasteiger partial charge >= 0.3 is 12.0 Å². The molecule has 7 nitrogen and oxygen atoms in total. The van der Waals surface area contributed by atoms with Gasteiger partial charge in [-0.05, 0) is 35.9 Å². The minimum atomic E-state index is -0.942. The number of rotatable bonds is 3. The van der Waals surface area contributed by atoms with E-state index in [2.05, 4.69) is 29.1 Å². The first-order valence-electron chi connectivity index (χ1n) is 9.76. The van der Waals surface area contributed by atoms with Gasteiger partial charge in [-0.25, -0.2) is 4.79 Å². The van der Waals surface area contributed by atoms with E-state index in [9.17, 15) is 14.7 Å². The van der Waals surface area contributed by atoms with Gasteiger partial charge in [-0.2, -0.15) is 0 Å². The van der Waals surface area contributed by atoms with Gasteiger partial charge in [-0.15, -0.1) is 0 Å².